The number of thioether (sulfide) groups is 1. The zero-order valence-electron chi connectivity index (χ0n) is 12.1. The van der Waals surface area contributed by atoms with Crippen LogP contribution in [-0.4, -0.2) is 38.0 Å². The minimum absolute atomic E-state index is 0.158. The van der Waals surface area contributed by atoms with Crippen LogP contribution in [0.3, 0.4) is 0 Å². The lowest BCUT2D eigenvalue weighted by Crippen LogP contribution is -2.35. The number of benzene rings is 1. The van der Waals surface area contributed by atoms with Gasteiger partial charge in [0.05, 0.1) is 0 Å². The third-order valence-electron chi connectivity index (χ3n) is 3.74. The van der Waals surface area contributed by atoms with E-state index in [1.54, 1.807) is 11.8 Å². The van der Waals surface area contributed by atoms with Crippen molar-refractivity contribution >= 4 is 17.7 Å². The Morgan fingerprint density at radius 2 is 2.10 bits per heavy atom. The maximum absolute atomic E-state index is 11.2. The number of carbonyl (C=O) groups is 1. The molecule has 0 aliphatic carbocycles. The molecule has 0 radical (unpaired) electrons. The topological polar surface area (TPSA) is 59.6 Å². The van der Waals surface area contributed by atoms with Gasteiger partial charge in [0, 0.05) is 30.4 Å². The molecule has 0 bridgehead atoms. The van der Waals surface area contributed by atoms with Gasteiger partial charge >= 0.3 is 0 Å². The summed E-state index contributed by atoms with van der Waals surface area (Å²) < 4.78 is 11.3. The van der Waals surface area contributed by atoms with Crippen molar-refractivity contribution < 1.29 is 14.3 Å². The zero-order valence-corrected chi connectivity index (χ0v) is 12.9. The summed E-state index contributed by atoms with van der Waals surface area (Å²) in [5, 5.41) is 6.39. The predicted octanol–water partition coefficient (Wildman–Crippen LogP) is 1.55. The maximum Gasteiger partial charge on any atom is 0.220 e. The van der Waals surface area contributed by atoms with Crippen molar-refractivity contribution in [2.75, 3.05) is 26.0 Å². The molecule has 1 aromatic rings. The molecule has 1 unspecified atom stereocenters. The minimum atomic E-state index is 0.158. The van der Waals surface area contributed by atoms with Crippen LogP contribution in [0.15, 0.2) is 17.0 Å². The SMILES string of the molecule is CSc1cc2c(cc1CNCC1CCC(=O)N1)OCCO2. The van der Waals surface area contributed by atoms with Crippen molar-refractivity contribution in [3.05, 3.63) is 17.7 Å². The average molecular weight is 308 g/mol. The van der Waals surface area contributed by atoms with E-state index in [1.165, 1.54) is 10.5 Å². The third kappa shape index (κ3) is 3.44. The number of fused-ring (bicyclic) bond motifs is 1. The van der Waals surface area contributed by atoms with Crippen molar-refractivity contribution in [3.63, 3.8) is 0 Å². The van der Waals surface area contributed by atoms with E-state index in [-0.39, 0.29) is 11.9 Å². The fourth-order valence-electron chi connectivity index (χ4n) is 2.65. The van der Waals surface area contributed by atoms with E-state index in [4.69, 9.17) is 9.47 Å². The van der Waals surface area contributed by atoms with Gasteiger partial charge in [0.1, 0.15) is 13.2 Å². The molecule has 1 aromatic carbocycles. The highest BCUT2D eigenvalue weighted by Gasteiger charge is 2.20. The van der Waals surface area contributed by atoms with Crippen LogP contribution in [0, 0.1) is 0 Å². The summed E-state index contributed by atoms with van der Waals surface area (Å²) in [6.07, 6.45) is 3.63. The molecule has 114 valence electrons. The fourth-order valence-corrected chi connectivity index (χ4v) is 3.27. The molecule has 0 aromatic heterocycles. The standard InChI is InChI=1S/C15H20N2O3S/c1-21-14-7-13-12(19-4-5-20-13)6-10(14)8-16-9-11-2-3-15(18)17-11/h6-7,11,16H,2-5,8-9H2,1H3,(H,17,18). The molecule has 0 spiro atoms. The number of hydrogen-bond donors (Lipinski definition) is 2. The Bertz CT molecular complexity index is 536. The first-order valence-corrected chi connectivity index (χ1v) is 8.45. The van der Waals surface area contributed by atoms with Gasteiger partial charge in [0.15, 0.2) is 11.5 Å². The Hall–Kier alpha value is -1.40. The van der Waals surface area contributed by atoms with Crippen molar-refractivity contribution in [1.82, 2.24) is 10.6 Å². The number of ether oxygens (including phenoxy) is 2. The van der Waals surface area contributed by atoms with Gasteiger partial charge in [-0.05, 0) is 30.4 Å². The molecule has 2 heterocycles. The van der Waals surface area contributed by atoms with Crippen molar-refractivity contribution in [3.8, 4) is 11.5 Å². The number of amides is 1. The molecule has 2 aliphatic heterocycles. The lowest BCUT2D eigenvalue weighted by molar-refractivity contribution is -0.119. The maximum atomic E-state index is 11.2. The molecule has 1 amide bonds. The van der Waals surface area contributed by atoms with Crippen molar-refractivity contribution in [1.29, 1.82) is 0 Å². The number of rotatable bonds is 5. The molecule has 0 saturated carbocycles. The summed E-state index contributed by atoms with van der Waals surface area (Å²) in [7, 11) is 0. The van der Waals surface area contributed by atoms with E-state index >= 15 is 0 Å². The van der Waals surface area contributed by atoms with Crippen LogP contribution in [0.2, 0.25) is 0 Å². The fraction of sp³-hybridized carbons (Fsp3) is 0.533. The Morgan fingerprint density at radius 1 is 1.33 bits per heavy atom. The van der Waals surface area contributed by atoms with Gasteiger partial charge in [-0.25, -0.2) is 0 Å². The van der Waals surface area contributed by atoms with Crippen LogP contribution >= 0.6 is 11.8 Å². The van der Waals surface area contributed by atoms with Crippen LogP contribution in [0.4, 0.5) is 0 Å². The first-order valence-electron chi connectivity index (χ1n) is 7.23. The number of carbonyl (C=O) groups excluding carboxylic acids is 1. The molecule has 6 heteroatoms. The van der Waals surface area contributed by atoms with Gasteiger partial charge in [-0.2, -0.15) is 0 Å². The summed E-state index contributed by atoms with van der Waals surface area (Å²) in [4.78, 5) is 12.4. The molecule has 1 atom stereocenters. The molecular formula is C15H20N2O3S. The van der Waals surface area contributed by atoms with Crippen LogP contribution < -0.4 is 20.1 Å². The molecule has 2 N–H and O–H groups in total. The molecule has 5 nitrogen and oxygen atoms in total. The van der Waals surface area contributed by atoms with Gasteiger partial charge < -0.3 is 20.1 Å². The second-order valence-corrected chi connectivity index (χ2v) is 6.09. The number of hydrogen-bond acceptors (Lipinski definition) is 5. The third-order valence-corrected chi connectivity index (χ3v) is 4.56. The Morgan fingerprint density at radius 3 is 2.76 bits per heavy atom. The average Bonchev–Trinajstić information content (AvgIpc) is 2.92. The smallest absolute Gasteiger partial charge is 0.220 e. The zero-order chi connectivity index (χ0) is 14.7. The highest BCUT2D eigenvalue weighted by atomic mass is 32.2. The van der Waals surface area contributed by atoms with E-state index in [0.29, 0.717) is 19.6 Å². The normalized spacial score (nSPS) is 20.4. The number of nitrogens with one attached hydrogen (secondary N) is 2. The summed E-state index contributed by atoms with van der Waals surface area (Å²) >= 11 is 1.71. The van der Waals surface area contributed by atoms with Crippen LogP contribution in [0.25, 0.3) is 0 Å². The van der Waals surface area contributed by atoms with Gasteiger partial charge in [-0.3, -0.25) is 4.79 Å². The van der Waals surface area contributed by atoms with Crippen LogP contribution in [0.5, 0.6) is 11.5 Å². The lowest BCUT2D eigenvalue weighted by Gasteiger charge is -2.21. The highest BCUT2D eigenvalue weighted by molar-refractivity contribution is 7.98. The first-order chi connectivity index (χ1) is 10.3. The van der Waals surface area contributed by atoms with E-state index in [1.807, 2.05) is 6.07 Å². The summed E-state index contributed by atoms with van der Waals surface area (Å²) in [6.45, 7) is 2.78. The van der Waals surface area contributed by atoms with Gasteiger partial charge in [-0.1, -0.05) is 0 Å². The Kier molecular flexibility index (Phi) is 4.55. The van der Waals surface area contributed by atoms with Gasteiger partial charge in [-0.15, -0.1) is 11.8 Å². The summed E-state index contributed by atoms with van der Waals surface area (Å²) in [6, 6.07) is 4.36. The second-order valence-electron chi connectivity index (χ2n) is 5.24. The molecule has 21 heavy (non-hydrogen) atoms. The van der Waals surface area contributed by atoms with Crippen molar-refractivity contribution in [2.45, 2.75) is 30.3 Å². The molecular weight excluding hydrogens is 288 g/mol. The van der Waals surface area contributed by atoms with Crippen molar-refractivity contribution in [2.24, 2.45) is 0 Å². The lowest BCUT2D eigenvalue weighted by atomic mass is 10.1. The molecule has 1 saturated heterocycles. The highest BCUT2D eigenvalue weighted by Crippen LogP contribution is 2.36. The monoisotopic (exact) mass is 308 g/mol. The predicted molar refractivity (Wildman–Crippen MR) is 82.1 cm³/mol. The van der Waals surface area contributed by atoms with E-state index < -0.39 is 0 Å². The first kappa shape index (κ1) is 14.5. The van der Waals surface area contributed by atoms with Gasteiger partial charge in [0.25, 0.3) is 0 Å². The molecule has 3 rings (SSSR count). The van der Waals surface area contributed by atoms with E-state index in [0.717, 1.165) is 31.0 Å². The largest absolute Gasteiger partial charge is 0.486 e. The summed E-state index contributed by atoms with van der Waals surface area (Å²) in [5.41, 5.74) is 1.20. The quantitative estimate of drug-likeness (QED) is 0.808. The van der Waals surface area contributed by atoms with E-state index in [9.17, 15) is 4.79 Å². The van der Waals surface area contributed by atoms with Crippen LogP contribution in [-0.2, 0) is 11.3 Å². The van der Waals surface area contributed by atoms with E-state index in [2.05, 4.69) is 23.0 Å². The molecule has 2 aliphatic rings. The molecule has 1 fully saturated rings. The minimum Gasteiger partial charge on any atom is -0.486 e. The van der Waals surface area contributed by atoms with Crippen LogP contribution in [0.1, 0.15) is 18.4 Å². The second kappa shape index (κ2) is 6.58. The Balaban J connectivity index is 1.62. The Labute approximate surface area is 128 Å². The summed E-state index contributed by atoms with van der Waals surface area (Å²) in [5.74, 6) is 1.81. The van der Waals surface area contributed by atoms with Gasteiger partial charge in [0.2, 0.25) is 5.91 Å².